The number of hydrogen-bond donors (Lipinski definition) is 0. The number of rotatable bonds is 2. The Bertz CT molecular complexity index is 461. The number of nitrogens with zero attached hydrogens (tertiary/aromatic N) is 1. The van der Waals surface area contributed by atoms with Gasteiger partial charge in [0.1, 0.15) is 11.6 Å². The van der Waals surface area contributed by atoms with Crippen LogP contribution in [-0.4, -0.2) is 4.98 Å². The second-order valence-corrected chi connectivity index (χ2v) is 3.70. The van der Waals surface area contributed by atoms with E-state index in [0.29, 0.717) is 16.1 Å². The first-order chi connectivity index (χ1) is 7.25. The number of benzene rings is 1. The van der Waals surface area contributed by atoms with E-state index in [1.807, 2.05) is 6.07 Å². The maximum Gasteiger partial charge on any atom is 0.219 e. The molecule has 15 heavy (non-hydrogen) atoms. The average Bonchev–Trinajstić information content (AvgIpc) is 2.24. The third kappa shape index (κ3) is 2.53. The van der Waals surface area contributed by atoms with E-state index in [2.05, 4.69) is 20.9 Å². The summed E-state index contributed by atoms with van der Waals surface area (Å²) < 4.78 is 18.8. The van der Waals surface area contributed by atoms with Crippen molar-refractivity contribution in [3.8, 4) is 11.6 Å². The van der Waals surface area contributed by atoms with Crippen LogP contribution in [0.4, 0.5) is 4.39 Å². The van der Waals surface area contributed by atoms with Crippen molar-refractivity contribution in [2.75, 3.05) is 0 Å². The first-order valence-corrected chi connectivity index (χ1v) is 5.09. The summed E-state index contributed by atoms with van der Waals surface area (Å²) in [5.41, 5.74) is 0. The molecule has 2 rings (SSSR count). The summed E-state index contributed by atoms with van der Waals surface area (Å²) in [5, 5.41) is 0. The van der Waals surface area contributed by atoms with E-state index in [4.69, 9.17) is 4.74 Å². The highest BCUT2D eigenvalue weighted by Gasteiger charge is 2.03. The summed E-state index contributed by atoms with van der Waals surface area (Å²) in [6, 6.07) is 9.58. The van der Waals surface area contributed by atoms with E-state index < -0.39 is 0 Å². The predicted octanol–water partition coefficient (Wildman–Crippen LogP) is 3.78. The first-order valence-electron chi connectivity index (χ1n) is 4.29. The Labute approximate surface area is 94.9 Å². The molecule has 2 nitrogen and oxygen atoms in total. The van der Waals surface area contributed by atoms with Crippen molar-refractivity contribution in [3.63, 3.8) is 0 Å². The fraction of sp³-hybridized carbons (Fsp3) is 0. The van der Waals surface area contributed by atoms with Crippen molar-refractivity contribution in [1.82, 2.24) is 4.98 Å². The Hall–Kier alpha value is -1.42. The summed E-state index contributed by atoms with van der Waals surface area (Å²) in [5.74, 6) is 0.704. The Morgan fingerprint density at radius 2 is 2.07 bits per heavy atom. The lowest BCUT2D eigenvalue weighted by Crippen LogP contribution is -1.88. The molecule has 1 aromatic carbocycles. The van der Waals surface area contributed by atoms with Gasteiger partial charge < -0.3 is 4.74 Å². The van der Waals surface area contributed by atoms with Crippen LogP contribution in [0.3, 0.4) is 0 Å². The van der Waals surface area contributed by atoms with Crippen LogP contribution >= 0.6 is 15.9 Å². The fourth-order valence-corrected chi connectivity index (χ4v) is 1.51. The van der Waals surface area contributed by atoms with Crippen molar-refractivity contribution >= 4 is 15.9 Å². The molecule has 2 aromatic rings. The molecule has 0 bridgehead atoms. The normalized spacial score (nSPS) is 10.0. The third-order valence-corrected chi connectivity index (χ3v) is 2.37. The molecule has 0 aliphatic heterocycles. The van der Waals surface area contributed by atoms with Gasteiger partial charge in [-0.15, -0.1) is 0 Å². The van der Waals surface area contributed by atoms with Gasteiger partial charge in [0.25, 0.3) is 0 Å². The van der Waals surface area contributed by atoms with Gasteiger partial charge in [0.15, 0.2) is 0 Å². The predicted molar refractivity (Wildman–Crippen MR) is 58.4 cm³/mol. The van der Waals surface area contributed by atoms with Crippen LogP contribution in [0.5, 0.6) is 11.6 Å². The molecule has 0 fully saturated rings. The lowest BCUT2D eigenvalue weighted by atomic mass is 10.3. The number of halogens is 2. The van der Waals surface area contributed by atoms with Gasteiger partial charge in [-0.3, -0.25) is 0 Å². The molecule has 4 heteroatoms. The molecular weight excluding hydrogens is 261 g/mol. The van der Waals surface area contributed by atoms with Gasteiger partial charge in [-0.1, -0.05) is 6.07 Å². The van der Waals surface area contributed by atoms with Crippen molar-refractivity contribution in [1.29, 1.82) is 0 Å². The Balaban J connectivity index is 2.25. The van der Waals surface area contributed by atoms with Gasteiger partial charge in [0, 0.05) is 12.3 Å². The second kappa shape index (κ2) is 4.40. The third-order valence-electron chi connectivity index (χ3n) is 1.75. The zero-order valence-corrected chi connectivity index (χ0v) is 9.24. The zero-order valence-electron chi connectivity index (χ0n) is 7.65. The van der Waals surface area contributed by atoms with Crippen molar-refractivity contribution in [2.24, 2.45) is 0 Å². The van der Waals surface area contributed by atoms with Crippen molar-refractivity contribution < 1.29 is 9.13 Å². The lowest BCUT2D eigenvalue weighted by molar-refractivity contribution is 0.458. The molecule has 76 valence electrons. The molecule has 0 radical (unpaired) electrons. The van der Waals surface area contributed by atoms with E-state index in [1.54, 1.807) is 24.4 Å². The van der Waals surface area contributed by atoms with E-state index in [1.165, 1.54) is 12.1 Å². The molecule has 0 unspecified atom stereocenters. The Kier molecular flexibility index (Phi) is 2.97. The van der Waals surface area contributed by atoms with Crippen molar-refractivity contribution in [2.45, 2.75) is 0 Å². The van der Waals surface area contributed by atoms with Crippen LogP contribution < -0.4 is 4.74 Å². The molecule has 0 amide bonds. The summed E-state index contributed by atoms with van der Waals surface area (Å²) in [6.45, 7) is 0. The summed E-state index contributed by atoms with van der Waals surface area (Å²) in [7, 11) is 0. The molecule has 0 aliphatic carbocycles. The fourth-order valence-electron chi connectivity index (χ4n) is 1.08. The van der Waals surface area contributed by atoms with E-state index in [9.17, 15) is 4.39 Å². The minimum Gasteiger partial charge on any atom is -0.438 e. The second-order valence-electron chi connectivity index (χ2n) is 2.84. The number of hydrogen-bond acceptors (Lipinski definition) is 2. The monoisotopic (exact) mass is 267 g/mol. The molecule has 0 aliphatic rings. The number of pyridine rings is 1. The van der Waals surface area contributed by atoms with Gasteiger partial charge in [-0.05, 0) is 40.2 Å². The van der Waals surface area contributed by atoms with Gasteiger partial charge in [0.05, 0.1) is 4.47 Å². The van der Waals surface area contributed by atoms with Crippen molar-refractivity contribution in [3.05, 3.63) is 52.9 Å². The quantitative estimate of drug-likeness (QED) is 0.826. The van der Waals surface area contributed by atoms with E-state index in [-0.39, 0.29) is 5.82 Å². The smallest absolute Gasteiger partial charge is 0.219 e. The molecule has 1 heterocycles. The molecule has 0 N–H and O–H groups in total. The van der Waals surface area contributed by atoms with Gasteiger partial charge >= 0.3 is 0 Å². The van der Waals surface area contributed by atoms with Gasteiger partial charge in [-0.25, -0.2) is 9.37 Å². The van der Waals surface area contributed by atoms with Crippen LogP contribution in [0, 0.1) is 5.82 Å². The van der Waals surface area contributed by atoms with Crippen LogP contribution in [0.1, 0.15) is 0 Å². The molecule has 0 spiro atoms. The highest BCUT2D eigenvalue weighted by molar-refractivity contribution is 9.10. The van der Waals surface area contributed by atoms with Crippen LogP contribution in [0.25, 0.3) is 0 Å². The standard InChI is InChI=1S/C11H7BrFNO/c12-9-7-8(13)4-5-10(9)15-11-3-1-2-6-14-11/h1-7H. The molecule has 1 aromatic heterocycles. The highest BCUT2D eigenvalue weighted by Crippen LogP contribution is 2.28. The van der Waals surface area contributed by atoms with Gasteiger partial charge in [-0.2, -0.15) is 0 Å². The molecular formula is C11H7BrFNO. The largest absolute Gasteiger partial charge is 0.438 e. The average molecular weight is 268 g/mol. The number of ether oxygens (including phenoxy) is 1. The topological polar surface area (TPSA) is 22.1 Å². The Morgan fingerprint density at radius 3 is 2.73 bits per heavy atom. The highest BCUT2D eigenvalue weighted by atomic mass is 79.9. The zero-order chi connectivity index (χ0) is 10.7. The maximum atomic E-state index is 12.8. The SMILES string of the molecule is Fc1ccc(Oc2ccccn2)c(Br)c1. The molecule has 0 saturated carbocycles. The first kappa shape index (κ1) is 10.1. The Morgan fingerprint density at radius 1 is 1.20 bits per heavy atom. The molecule has 0 saturated heterocycles. The van der Waals surface area contributed by atoms with Crippen LogP contribution in [0.15, 0.2) is 47.1 Å². The molecule has 0 atom stereocenters. The summed E-state index contributed by atoms with van der Waals surface area (Å²) >= 11 is 3.21. The van der Waals surface area contributed by atoms with E-state index in [0.717, 1.165) is 0 Å². The van der Waals surface area contributed by atoms with Gasteiger partial charge in [0.2, 0.25) is 5.88 Å². The minimum atomic E-state index is -0.310. The summed E-state index contributed by atoms with van der Waals surface area (Å²) in [4.78, 5) is 4.00. The van der Waals surface area contributed by atoms with Crippen LogP contribution in [0.2, 0.25) is 0 Å². The maximum absolute atomic E-state index is 12.8. The lowest BCUT2D eigenvalue weighted by Gasteiger charge is -2.05. The van der Waals surface area contributed by atoms with E-state index >= 15 is 0 Å². The minimum absolute atomic E-state index is 0.310. The number of aromatic nitrogens is 1. The summed E-state index contributed by atoms with van der Waals surface area (Å²) in [6.07, 6.45) is 1.63. The van der Waals surface area contributed by atoms with Crippen LogP contribution in [-0.2, 0) is 0 Å².